The number of hydrogen-bond donors (Lipinski definition) is 2. The molecule has 2 aromatic carbocycles. The fourth-order valence-corrected chi connectivity index (χ4v) is 3.15. The van der Waals surface area contributed by atoms with Crippen LogP contribution < -0.4 is 5.32 Å². The minimum absolute atomic E-state index is 0.0851. The largest absolute Gasteiger partial charge is 0.480 e. The molecule has 1 aliphatic rings. The van der Waals surface area contributed by atoms with Crippen LogP contribution in [0.5, 0.6) is 0 Å². The fraction of sp³-hybridized carbons (Fsp3) is 0.263. The second kappa shape index (κ2) is 7.34. The van der Waals surface area contributed by atoms with Gasteiger partial charge in [0.05, 0.1) is 6.67 Å². The van der Waals surface area contributed by atoms with Crippen molar-refractivity contribution >= 4 is 12.1 Å². The smallest absolute Gasteiger partial charge is 0.407 e. The van der Waals surface area contributed by atoms with Crippen molar-refractivity contribution in [3.05, 3.63) is 59.7 Å². The molecule has 1 atom stereocenters. The third-order valence-corrected chi connectivity index (χ3v) is 4.33. The Morgan fingerprint density at radius 3 is 2.16 bits per heavy atom. The van der Waals surface area contributed by atoms with Crippen LogP contribution in [0.15, 0.2) is 48.5 Å². The molecule has 25 heavy (non-hydrogen) atoms. The maximum Gasteiger partial charge on any atom is 0.407 e. The molecule has 0 aliphatic heterocycles. The fourth-order valence-electron chi connectivity index (χ4n) is 3.15. The van der Waals surface area contributed by atoms with Gasteiger partial charge in [0.25, 0.3) is 0 Å². The number of amides is 1. The van der Waals surface area contributed by atoms with E-state index in [1.165, 1.54) is 0 Å². The van der Waals surface area contributed by atoms with Crippen molar-refractivity contribution in [3.63, 3.8) is 0 Å². The number of alkyl carbamates (subject to hydrolysis) is 1. The van der Waals surface area contributed by atoms with Crippen LogP contribution in [-0.4, -0.2) is 36.5 Å². The van der Waals surface area contributed by atoms with Crippen molar-refractivity contribution in [2.45, 2.75) is 18.4 Å². The summed E-state index contributed by atoms with van der Waals surface area (Å²) in [5.74, 6) is -1.39. The number of carbonyl (C=O) groups excluding carboxylic acids is 1. The molecule has 0 radical (unpaired) electrons. The number of alkyl halides is 1. The number of fused-ring (bicyclic) bond motifs is 3. The lowest BCUT2D eigenvalue weighted by Crippen LogP contribution is -2.41. The number of ether oxygens (including phenoxy) is 1. The summed E-state index contributed by atoms with van der Waals surface area (Å²) in [5, 5.41) is 11.1. The normalized spacial score (nSPS) is 13.6. The minimum atomic E-state index is -1.29. The molecule has 1 aliphatic carbocycles. The van der Waals surface area contributed by atoms with Crippen molar-refractivity contribution < 1.29 is 23.8 Å². The van der Waals surface area contributed by atoms with Crippen LogP contribution in [0.25, 0.3) is 11.1 Å². The number of rotatable bonds is 6. The van der Waals surface area contributed by atoms with E-state index in [1.54, 1.807) is 0 Å². The van der Waals surface area contributed by atoms with Crippen LogP contribution in [0.3, 0.4) is 0 Å². The Labute approximate surface area is 144 Å². The van der Waals surface area contributed by atoms with Crippen molar-refractivity contribution in [2.75, 3.05) is 13.3 Å². The average molecular weight is 343 g/mol. The summed E-state index contributed by atoms with van der Waals surface area (Å²) in [6.07, 6.45) is -1.15. The maximum atomic E-state index is 12.4. The first-order valence-electron chi connectivity index (χ1n) is 8.02. The lowest BCUT2D eigenvalue weighted by atomic mass is 9.98. The van der Waals surface area contributed by atoms with Crippen LogP contribution in [0.2, 0.25) is 0 Å². The molecule has 1 amide bonds. The van der Waals surface area contributed by atoms with E-state index >= 15 is 0 Å². The number of carboxylic acid groups (broad SMARTS) is 1. The molecule has 0 bridgehead atoms. The Balaban J connectivity index is 1.71. The van der Waals surface area contributed by atoms with Crippen LogP contribution in [-0.2, 0) is 9.53 Å². The van der Waals surface area contributed by atoms with Gasteiger partial charge in [-0.2, -0.15) is 0 Å². The van der Waals surface area contributed by atoms with Gasteiger partial charge in [0.1, 0.15) is 12.6 Å². The van der Waals surface area contributed by atoms with Gasteiger partial charge in [-0.3, -0.25) is 4.39 Å². The van der Waals surface area contributed by atoms with Gasteiger partial charge < -0.3 is 15.2 Å². The summed E-state index contributed by atoms with van der Waals surface area (Å²) in [5.41, 5.74) is 4.34. The summed E-state index contributed by atoms with van der Waals surface area (Å²) >= 11 is 0. The molecule has 6 heteroatoms. The Morgan fingerprint density at radius 2 is 1.64 bits per heavy atom. The van der Waals surface area contributed by atoms with Crippen LogP contribution in [0.1, 0.15) is 23.5 Å². The number of benzene rings is 2. The SMILES string of the molecule is O=C(N[C@@H](CCF)C(=O)O)OCC1c2ccccc2-c2ccccc21. The molecule has 0 aromatic heterocycles. The standard InChI is InChI=1S/C19H18FNO4/c20-10-9-17(18(22)23)21-19(24)25-11-16-14-7-3-1-5-12(14)13-6-2-4-8-15(13)16/h1-8,16-17H,9-11H2,(H,21,24)(H,22,23)/t17-/m0/s1. The highest BCUT2D eigenvalue weighted by Crippen LogP contribution is 2.44. The van der Waals surface area contributed by atoms with E-state index in [-0.39, 0.29) is 18.9 Å². The summed E-state index contributed by atoms with van der Waals surface area (Å²) in [6.45, 7) is -0.748. The van der Waals surface area contributed by atoms with E-state index in [9.17, 15) is 14.0 Å². The quantitative estimate of drug-likeness (QED) is 0.843. The van der Waals surface area contributed by atoms with Gasteiger partial charge in [0.2, 0.25) is 0 Å². The number of nitrogens with one attached hydrogen (secondary N) is 1. The zero-order valence-corrected chi connectivity index (χ0v) is 13.4. The Bertz CT molecular complexity index is 747. The zero-order chi connectivity index (χ0) is 17.8. The van der Waals surface area contributed by atoms with Crippen molar-refractivity contribution in [1.29, 1.82) is 0 Å². The molecule has 2 aromatic rings. The predicted molar refractivity (Wildman–Crippen MR) is 90.2 cm³/mol. The van der Waals surface area contributed by atoms with Crippen molar-refractivity contribution in [1.82, 2.24) is 5.32 Å². The third kappa shape index (κ3) is 3.47. The molecule has 0 spiro atoms. The van der Waals surface area contributed by atoms with Gasteiger partial charge in [-0.05, 0) is 22.3 Å². The van der Waals surface area contributed by atoms with Crippen molar-refractivity contribution in [2.24, 2.45) is 0 Å². The van der Waals surface area contributed by atoms with E-state index < -0.39 is 24.8 Å². The first kappa shape index (κ1) is 17.0. The molecular formula is C19H18FNO4. The van der Waals surface area contributed by atoms with E-state index in [2.05, 4.69) is 5.32 Å². The molecule has 0 heterocycles. The van der Waals surface area contributed by atoms with Crippen LogP contribution in [0, 0.1) is 0 Å². The molecule has 3 rings (SSSR count). The highest BCUT2D eigenvalue weighted by atomic mass is 19.1. The summed E-state index contributed by atoms with van der Waals surface area (Å²) < 4.78 is 17.6. The first-order valence-corrected chi connectivity index (χ1v) is 8.02. The molecule has 0 fully saturated rings. The second-order valence-electron chi connectivity index (χ2n) is 5.84. The second-order valence-corrected chi connectivity index (χ2v) is 5.84. The predicted octanol–water partition coefficient (Wildman–Crippen LogP) is 3.34. The van der Waals surface area contributed by atoms with E-state index in [1.807, 2.05) is 48.5 Å². The molecule has 130 valence electrons. The Morgan fingerprint density at radius 1 is 1.08 bits per heavy atom. The maximum absolute atomic E-state index is 12.4. The molecule has 2 N–H and O–H groups in total. The average Bonchev–Trinajstić information content (AvgIpc) is 2.93. The molecular weight excluding hydrogens is 325 g/mol. The zero-order valence-electron chi connectivity index (χ0n) is 13.4. The van der Waals surface area contributed by atoms with Gasteiger partial charge in [0.15, 0.2) is 0 Å². The first-order chi connectivity index (χ1) is 12.1. The van der Waals surface area contributed by atoms with Crippen LogP contribution >= 0.6 is 0 Å². The van der Waals surface area contributed by atoms with Gasteiger partial charge in [0, 0.05) is 12.3 Å². The van der Waals surface area contributed by atoms with E-state index in [0.717, 1.165) is 22.3 Å². The van der Waals surface area contributed by atoms with E-state index in [0.29, 0.717) is 0 Å². The molecule has 0 saturated heterocycles. The van der Waals surface area contributed by atoms with Gasteiger partial charge in [-0.25, -0.2) is 9.59 Å². The van der Waals surface area contributed by atoms with Crippen LogP contribution in [0.4, 0.5) is 9.18 Å². The highest BCUT2D eigenvalue weighted by molar-refractivity contribution is 5.81. The summed E-state index contributed by atoms with van der Waals surface area (Å²) in [6, 6.07) is 14.5. The molecule has 0 saturated carbocycles. The summed E-state index contributed by atoms with van der Waals surface area (Å²) in [7, 11) is 0. The number of carboxylic acids is 1. The lowest BCUT2D eigenvalue weighted by Gasteiger charge is -2.16. The number of carbonyl (C=O) groups is 2. The molecule has 0 unspecified atom stereocenters. The molecule has 5 nitrogen and oxygen atoms in total. The minimum Gasteiger partial charge on any atom is -0.480 e. The Hall–Kier alpha value is -2.89. The summed E-state index contributed by atoms with van der Waals surface area (Å²) in [4.78, 5) is 22.9. The number of hydrogen-bond acceptors (Lipinski definition) is 3. The Kier molecular flexibility index (Phi) is 4.97. The van der Waals surface area contributed by atoms with Gasteiger partial charge in [-0.1, -0.05) is 48.5 Å². The van der Waals surface area contributed by atoms with E-state index in [4.69, 9.17) is 9.84 Å². The van der Waals surface area contributed by atoms with Gasteiger partial charge in [-0.15, -0.1) is 0 Å². The number of halogens is 1. The lowest BCUT2D eigenvalue weighted by molar-refractivity contribution is -0.139. The number of aliphatic carboxylic acids is 1. The van der Waals surface area contributed by atoms with Gasteiger partial charge >= 0.3 is 12.1 Å². The topological polar surface area (TPSA) is 75.6 Å². The third-order valence-electron chi connectivity index (χ3n) is 4.33. The highest BCUT2D eigenvalue weighted by Gasteiger charge is 2.29. The monoisotopic (exact) mass is 343 g/mol. The van der Waals surface area contributed by atoms with Crippen molar-refractivity contribution in [3.8, 4) is 11.1 Å².